The molecule has 4 aromatic rings. The fraction of sp³-hybridized carbons (Fsp3) is 0.440. The summed E-state index contributed by atoms with van der Waals surface area (Å²) < 4.78 is 45.9. The molecule has 4 rings (SSSR count). The number of sulfone groups is 1. The van der Waals surface area contributed by atoms with Gasteiger partial charge in [0.05, 0.1) is 30.7 Å². The van der Waals surface area contributed by atoms with Crippen molar-refractivity contribution in [2.24, 2.45) is 0 Å². The molecule has 0 saturated carbocycles. The molecule has 0 bridgehead atoms. The molecule has 12 nitrogen and oxygen atoms in total. The Hall–Kier alpha value is -3.71. The summed E-state index contributed by atoms with van der Waals surface area (Å²) in [7, 11) is -2.33. The Balaban J connectivity index is 1.74. The third kappa shape index (κ3) is 5.89. The van der Waals surface area contributed by atoms with Gasteiger partial charge in [-0.05, 0) is 46.2 Å². The van der Waals surface area contributed by atoms with Crippen LogP contribution in [0.15, 0.2) is 47.4 Å². The van der Waals surface area contributed by atoms with E-state index in [1.165, 1.54) is 13.3 Å². The molecule has 4 aromatic heterocycles. The minimum absolute atomic E-state index is 0.216. The van der Waals surface area contributed by atoms with Gasteiger partial charge in [0.1, 0.15) is 23.4 Å². The van der Waals surface area contributed by atoms with E-state index < -0.39 is 33.0 Å². The molecule has 3 atom stereocenters. The quantitative estimate of drug-likeness (QED) is 0.275. The highest BCUT2D eigenvalue weighted by molar-refractivity contribution is 7.91. The lowest BCUT2D eigenvalue weighted by Crippen LogP contribution is -2.32. The second-order valence-corrected chi connectivity index (χ2v) is 11.6. The summed E-state index contributed by atoms with van der Waals surface area (Å²) in [5, 5.41) is 11.4. The third-order valence-corrected chi connectivity index (χ3v) is 8.02. The Labute approximate surface area is 221 Å². The largest absolute Gasteiger partial charge is 0.481 e. The minimum atomic E-state index is -3.84. The van der Waals surface area contributed by atoms with E-state index >= 15 is 0 Å². The molecule has 0 aliphatic heterocycles. The van der Waals surface area contributed by atoms with Crippen LogP contribution in [0.4, 0.5) is 0 Å². The lowest BCUT2D eigenvalue weighted by atomic mass is 10.2. The van der Waals surface area contributed by atoms with Crippen LogP contribution >= 0.6 is 0 Å². The summed E-state index contributed by atoms with van der Waals surface area (Å²) in [6.07, 6.45) is 3.68. The molecular formula is C25H31N7O5S. The van der Waals surface area contributed by atoms with Crippen molar-refractivity contribution in [2.75, 3.05) is 7.11 Å². The lowest BCUT2D eigenvalue weighted by Gasteiger charge is -2.25. The van der Waals surface area contributed by atoms with Crippen LogP contribution in [0, 0.1) is 6.92 Å². The molecule has 0 unspecified atom stereocenters. The first-order valence-corrected chi connectivity index (χ1v) is 13.8. The Bertz CT molecular complexity index is 1450. The SMILES string of the molecule is COc1cccc(-c2nnc(CS(=O)(=O)[C@@H](C)[C@@H](OC(C)C)c3ncc(C)cn3)n2[C@H](C)c2ccno2)n1. The molecule has 0 aliphatic rings. The van der Waals surface area contributed by atoms with Crippen LogP contribution in [0.3, 0.4) is 0 Å². The van der Waals surface area contributed by atoms with Gasteiger partial charge in [0.25, 0.3) is 0 Å². The van der Waals surface area contributed by atoms with E-state index in [-0.39, 0.29) is 11.9 Å². The second kappa shape index (κ2) is 11.4. The standard InChI is InChI=1S/C25H31N7O5S/c1-15(2)36-23(24-26-12-16(3)13-27-24)18(5)38(33,34)14-21-30-31-25(19-8-7-9-22(29-19)35-6)32(21)17(4)20-10-11-28-37-20/h7-13,15,17-18,23H,14H2,1-6H3/t17-,18+,23-/m1/s1. The molecule has 0 amide bonds. The molecule has 13 heteroatoms. The van der Waals surface area contributed by atoms with Gasteiger partial charge in [-0.15, -0.1) is 10.2 Å². The lowest BCUT2D eigenvalue weighted by molar-refractivity contribution is 0.00140. The number of rotatable bonds is 11. The third-order valence-electron chi connectivity index (χ3n) is 5.98. The Morgan fingerprint density at radius 2 is 1.79 bits per heavy atom. The molecule has 0 saturated heterocycles. The number of nitrogens with zero attached hydrogens (tertiary/aromatic N) is 7. The minimum Gasteiger partial charge on any atom is -0.481 e. The number of hydrogen-bond donors (Lipinski definition) is 0. The van der Waals surface area contributed by atoms with Gasteiger partial charge in [0.15, 0.2) is 27.2 Å². The number of ether oxygens (including phenoxy) is 2. The van der Waals surface area contributed by atoms with E-state index in [1.807, 2.05) is 27.7 Å². The van der Waals surface area contributed by atoms with Crippen LogP contribution in [0.25, 0.3) is 11.5 Å². The zero-order chi connectivity index (χ0) is 27.4. The second-order valence-electron chi connectivity index (χ2n) is 9.20. The van der Waals surface area contributed by atoms with Gasteiger partial charge in [-0.25, -0.2) is 23.4 Å². The summed E-state index contributed by atoms with van der Waals surface area (Å²) in [5.41, 5.74) is 1.33. The molecule has 0 N–H and O–H groups in total. The first-order chi connectivity index (χ1) is 18.1. The van der Waals surface area contributed by atoms with E-state index in [1.54, 1.807) is 48.1 Å². The average molecular weight is 542 g/mol. The van der Waals surface area contributed by atoms with Crippen LogP contribution in [0.2, 0.25) is 0 Å². The van der Waals surface area contributed by atoms with Gasteiger partial charge in [-0.3, -0.25) is 4.57 Å². The Morgan fingerprint density at radius 3 is 2.42 bits per heavy atom. The Morgan fingerprint density at radius 1 is 1.05 bits per heavy atom. The fourth-order valence-electron chi connectivity index (χ4n) is 3.95. The van der Waals surface area contributed by atoms with Crippen molar-refractivity contribution < 1.29 is 22.4 Å². The normalized spacial score (nSPS) is 14.4. The summed E-state index contributed by atoms with van der Waals surface area (Å²) in [6, 6.07) is 6.46. The van der Waals surface area contributed by atoms with Crippen LogP contribution in [0.1, 0.15) is 62.8 Å². The van der Waals surface area contributed by atoms with Crippen LogP contribution < -0.4 is 4.74 Å². The monoisotopic (exact) mass is 541 g/mol. The number of aryl methyl sites for hydroxylation is 1. The topological polar surface area (TPSA) is 148 Å². The fourth-order valence-corrected chi connectivity index (χ4v) is 5.33. The highest BCUT2D eigenvalue weighted by atomic mass is 32.2. The summed E-state index contributed by atoms with van der Waals surface area (Å²) >= 11 is 0. The molecule has 0 aliphatic carbocycles. The molecule has 0 radical (unpaired) electrons. The number of methoxy groups -OCH3 is 1. The van der Waals surface area contributed by atoms with Crippen molar-refractivity contribution in [1.29, 1.82) is 0 Å². The van der Waals surface area contributed by atoms with Crippen molar-refractivity contribution in [3.8, 4) is 17.4 Å². The van der Waals surface area contributed by atoms with E-state index in [0.29, 0.717) is 29.0 Å². The van der Waals surface area contributed by atoms with Gasteiger partial charge >= 0.3 is 0 Å². The smallest absolute Gasteiger partial charge is 0.213 e. The zero-order valence-corrected chi connectivity index (χ0v) is 23.0. The maximum Gasteiger partial charge on any atom is 0.213 e. The van der Waals surface area contributed by atoms with Crippen molar-refractivity contribution in [3.05, 3.63) is 65.8 Å². The molecule has 38 heavy (non-hydrogen) atoms. The van der Waals surface area contributed by atoms with Crippen LogP contribution in [0.5, 0.6) is 5.88 Å². The summed E-state index contributed by atoms with van der Waals surface area (Å²) in [5.74, 6) is 1.37. The summed E-state index contributed by atoms with van der Waals surface area (Å²) in [4.78, 5) is 13.1. The molecule has 202 valence electrons. The van der Waals surface area contributed by atoms with E-state index in [2.05, 4.69) is 30.3 Å². The number of aromatic nitrogens is 7. The van der Waals surface area contributed by atoms with Gasteiger partial charge < -0.3 is 14.0 Å². The van der Waals surface area contributed by atoms with Crippen LogP contribution in [-0.2, 0) is 20.3 Å². The Kier molecular flexibility index (Phi) is 8.17. The molecular weight excluding hydrogens is 510 g/mol. The van der Waals surface area contributed by atoms with Crippen molar-refractivity contribution in [1.82, 2.24) is 34.9 Å². The number of pyridine rings is 1. The average Bonchev–Trinajstić information content (AvgIpc) is 3.57. The van der Waals surface area contributed by atoms with E-state index in [9.17, 15) is 8.42 Å². The van der Waals surface area contributed by atoms with Gasteiger partial charge in [0, 0.05) is 24.5 Å². The molecule has 0 aromatic carbocycles. The van der Waals surface area contributed by atoms with Gasteiger partial charge in [-0.1, -0.05) is 11.2 Å². The maximum absolute atomic E-state index is 13.8. The van der Waals surface area contributed by atoms with Crippen molar-refractivity contribution in [3.63, 3.8) is 0 Å². The molecule has 0 spiro atoms. The highest BCUT2D eigenvalue weighted by Gasteiger charge is 2.36. The van der Waals surface area contributed by atoms with Crippen molar-refractivity contribution in [2.45, 2.75) is 63.9 Å². The first kappa shape index (κ1) is 27.3. The number of hydrogen-bond acceptors (Lipinski definition) is 11. The van der Waals surface area contributed by atoms with Crippen molar-refractivity contribution >= 4 is 9.84 Å². The summed E-state index contributed by atoms with van der Waals surface area (Å²) in [6.45, 7) is 8.97. The van der Waals surface area contributed by atoms with E-state index in [4.69, 9.17) is 14.0 Å². The van der Waals surface area contributed by atoms with Crippen LogP contribution in [-0.4, -0.2) is 61.8 Å². The highest BCUT2D eigenvalue weighted by Crippen LogP contribution is 2.31. The predicted octanol–water partition coefficient (Wildman–Crippen LogP) is 3.51. The van der Waals surface area contributed by atoms with E-state index in [0.717, 1.165) is 5.56 Å². The zero-order valence-electron chi connectivity index (χ0n) is 22.1. The molecule has 4 heterocycles. The maximum atomic E-state index is 13.8. The first-order valence-electron chi connectivity index (χ1n) is 12.1. The van der Waals surface area contributed by atoms with Gasteiger partial charge in [-0.2, -0.15) is 0 Å². The molecule has 0 fully saturated rings. The van der Waals surface area contributed by atoms with Gasteiger partial charge in [0.2, 0.25) is 5.88 Å². The predicted molar refractivity (Wildman–Crippen MR) is 138 cm³/mol.